The first-order valence-electron chi connectivity index (χ1n) is 8.52. The lowest BCUT2D eigenvalue weighted by atomic mass is 10.0. The number of rotatable bonds is 7. The SMILES string of the molecule is COC(=O)[C@H](Cc1ccc(OC)cc1)NC(=O)[C@@H](O)c1ccc(C(F)(F)F)cc1. The number of alkyl halides is 3. The molecule has 0 saturated carbocycles. The van der Waals surface area contributed by atoms with Crippen molar-refractivity contribution < 1.29 is 37.3 Å². The topological polar surface area (TPSA) is 84.9 Å². The molecule has 0 aliphatic carbocycles. The largest absolute Gasteiger partial charge is 0.497 e. The van der Waals surface area contributed by atoms with Gasteiger partial charge in [0.2, 0.25) is 0 Å². The molecule has 2 N–H and O–H groups in total. The first-order valence-corrected chi connectivity index (χ1v) is 8.52. The number of carbonyl (C=O) groups is 2. The number of nitrogens with one attached hydrogen (secondary N) is 1. The van der Waals surface area contributed by atoms with Gasteiger partial charge in [-0.05, 0) is 35.4 Å². The number of amides is 1. The van der Waals surface area contributed by atoms with Crippen LogP contribution in [0.3, 0.4) is 0 Å². The molecule has 6 nitrogen and oxygen atoms in total. The summed E-state index contributed by atoms with van der Waals surface area (Å²) in [5.41, 5.74) is -0.241. The molecule has 0 fully saturated rings. The first kappa shape index (κ1) is 22.2. The highest BCUT2D eigenvalue weighted by Gasteiger charge is 2.31. The van der Waals surface area contributed by atoms with Crippen LogP contribution < -0.4 is 10.1 Å². The third kappa shape index (κ3) is 5.95. The molecular weight excluding hydrogens is 391 g/mol. The van der Waals surface area contributed by atoms with Gasteiger partial charge in [-0.3, -0.25) is 4.79 Å². The second kappa shape index (κ2) is 9.42. The molecule has 0 radical (unpaired) electrons. The number of halogens is 3. The van der Waals surface area contributed by atoms with Crippen LogP contribution in [0.1, 0.15) is 22.8 Å². The molecule has 0 aliphatic heterocycles. The normalized spacial score (nSPS) is 13.3. The Kier molecular flexibility index (Phi) is 7.22. The van der Waals surface area contributed by atoms with Crippen LogP contribution >= 0.6 is 0 Å². The molecule has 0 bridgehead atoms. The van der Waals surface area contributed by atoms with Crippen molar-refractivity contribution in [2.75, 3.05) is 14.2 Å². The molecule has 2 atom stereocenters. The van der Waals surface area contributed by atoms with Gasteiger partial charge in [0.05, 0.1) is 19.8 Å². The van der Waals surface area contributed by atoms with Gasteiger partial charge >= 0.3 is 12.1 Å². The number of methoxy groups -OCH3 is 2. The first-order chi connectivity index (χ1) is 13.7. The summed E-state index contributed by atoms with van der Waals surface area (Å²) in [6.45, 7) is 0. The van der Waals surface area contributed by atoms with Crippen LogP contribution in [-0.2, 0) is 26.9 Å². The molecular formula is C20H20F3NO5. The highest BCUT2D eigenvalue weighted by Crippen LogP contribution is 2.30. The number of aliphatic hydroxyl groups excluding tert-OH is 1. The summed E-state index contributed by atoms with van der Waals surface area (Å²) in [5, 5.41) is 12.5. The van der Waals surface area contributed by atoms with Gasteiger partial charge in [-0.15, -0.1) is 0 Å². The number of hydrogen-bond acceptors (Lipinski definition) is 5. The van der Waals surface area contributed by atoms with Crippen LogP contribution in [0.4, 0.5) is 13.2 Å². The van der Waals surface area contributed by atoms with Crippen LogP contribution in [-0.4, -0.2) is 37.2 Å². The van der Waals surface area contributed by atoms with E-state index in [1.54, 1.807) is 24.3 Å². The number of benzene rings is 2. The Morgan fingerprint density at radius 2 is 1.62 bits per heavy atom. The summed E-state index contributed by atoms with van der Waals surface area (Å²) >= 11 is 0. The van der Waals surface area contributed by atoms with Gasteiger partial charge in [0.15, 0.2) is 6.10 Å². The second-order valence-corrected chi connectivity index (χ2v) is 6.16. The summed E-state index contributed by atoms with van der Waals surface area (Å²) in [6.07, 6.45) is -6.19. The lowest BCUT2D eigenvalue weighted by molar-refractivity contribution is -0.146. The van der Waals surface area contributed by atoms with E-state index in [1.807, 2.05) is 0 Å². The minimum absolute atomic E-state index is 0.0384. The highest BCUT2D eigenvalue weighted by atomic mass is 19.4. The Labute approximate surface area is 165 Å². The van der Waals surface area contributed by atoms with Gasteiger partial charge in [-0.25, -0.2) is 4.79 Å². The van der Waals surface area contributed by atoms with E-state index in [4.69, 9.17) is 4.74 Å². The van der Waals surface area contributed by atoms with Gasteiger partial charge in [-0.2, -0.15) is 13.2 Å². The van der Waals surface area contributed by atoms with Gasteiger partial charge in [-0.1, -0.05) is 24.3 Å². The van der Waals surface area contributed by atoms with Crippen molar-refractivity contribution in [2.24, 2.45) is 0 Å². The standard InChI is InChI=1S/C20H20F3NO5/c1-28-15-9-3-12(4-10-15)11-16(19(27)29-2)24-18(26)17(25)13-5-7-14(8-6-13)20(21,22)23/h3-10,16-17,25H,11H2,1-2H3,(H,24,26)/t16-,17-/m0/s1. The number of aliphatic hydroxyl groups is 1. The monoisotopic (exact) mass is 411 g/mol. The zero-order valence-corrected chi connectivity index (χ0v) is 15.7. The van der Waals surface area contributed by atoms with E-state index in [2.05, 4.69) is 10.1 Å². The van der Waals surface area contributed by atoms with Gasteiger partial charge in [0.25, 0.3) is 5.91 Å². The molecule has 2 rings (SSSR count). The van der Waals surface area contributed by atoms with Crippen LogP contribution in [0.2, 0.25) is 0 Å². The lowest BCUT2D eigenvalue weighted by Crippen LogP contribution is -2.45. The van der Waals surface area contributed by atoms with Gasteiger partial charge < -0.3 is 19.9 Å². The van der Waals surface area contributed by atoms with Crippen molar-refractivity contribution in [3.8, 4) is 5.75 Å². The van der Waals surface area contributed by atoms with Gasteiger partial charge in [0.1, 0.15) is 11.8 Å². The molecule has 2 aromatic rings. The van der Waals surface area contributed by atoms with E-state index in [0.29, 0.717) is 11.3 Å². The zero-order chi connectivity index (χ0) is 21.6. The smallest absolute Gasteiger partial charge is 0.416 e. The number of esters is 1. The van der Waals surface area contributed by atoms with E-state index in [-0.39, 0.29) is 12.0 Å². The van der Waals surface area contributed by atoms with E-state index in [0.717, 1.165) is 31.4 Å². The maximum absolute atomic E-state index is 12.6. The number of hydrogen-bond donors (Lipinski definition) is 2. The molecule has 0 heterocycles. The number of carbonyl (C=O) groups excluding carboxylic acids is 2. The Morgan fingerprint density at radius 1 is 1.03 bits per heavy atom. The van der Waals surface area contributed by atoms with Crippen molar-refractivity contribution in [3.05, 3.63) is 65.2 Å². The molecule has 9 heteroatoms. The quantitative estimate of drug-likeness (QED) is 0.685. The summed E-state index contributed by atoms with van der Waals surface area (Å²) in [6, 6.07) is 9.21. The zero-order valence-electron chi connectivity index (χ0n) is 15.7. The van der Waals surface area contributed by atoms with E-state index >= 15 is 0 Å². The Morgan fingerprint density at radius 3 is 2.10 bits per heavy atom. The molecule has 0 spiro atoms. The predicted molar refractivity (Wildman–Crippen MR) is 97.0 cm³/mol. The fourth-order valence-corrected chi connectivity index (χ4v) is 2.59. The lowest BCUT2D eigenvalue weighted by Gasteiger charge is -2.19. The minimum atomic E-state index is -4.53. The average Bonchev–Trinajstić information content (AvgIpc) is 2.72. The summed E-state index contributed by atoms with van der Waals surface area (Å²) in [5.74, 6) is -1.05. The van der Waals surface area contributed by atoms with Crippen LogP contribution in [0.15, 0.2) is 48.5 Å². The highest BCUT2D eigenvalue weighted by molar-refractivity contribution is 5.87. The van der Waals surface area contributed by atoms with Crippen molar-refractivity contribution in [1.29, 1.82) is 0 Å². The third-order valence-electron chi connectivity index (χ3n) is 4.20. The summed E-state index contributed by atoms with van der Waals surface area (Å²) in [4.78, 5) is 24.4. The predicted octanol–water partition coefficient (Wildman–Crippen LogP) is 2.65. The molecule has 0 unspecified atom stereocenters. The van der Waals surface area contributed by atoms with E-state index in [9.17, 15) is 27.9 Å². The second-order valence-electron chi connectivity index (χ2n) is 6.16. The number of ether oxygens (including phenoxy) is 2. The van der Waals surface area contributed by atoms with Crippen LogP contribution in [0, 0.1) is 0 Å². The summed E-state index contributed by atoms with van der Waals surface area (Å²) in [7, 11) is 2.66. The molecule has 1 amide bonds. The van der Waals surface area contributed by atoms with Crippen LogP contribution in [0.25, 0.3) is 0 Å². The molecule has 156 valence electrons. The van der Waals surface area contributed by atoms with E-state index < -0.39 is 35.8 Å². The fourth-order valence-electron chi connectivity index (χ4n) is 2.59. The maximum Gasteiger partial charge on any atom is 0.416 e. The Bertz CT molecular complexity index is 835. The maximum atomic E-state index is 12.6. The molecule has 0 saturated heterocycles. The molecule has 29 heavy (non-hydrogen) atoms. The Balaban J connectivity index is 2.10. The van der Waals surface area contributed by atoms with Crippen molar-refractivity contribution in [2.45, 2.75) is 24.7 Å². The van der Waals surface area contributed by atoms with Gasteiger partial charge in [0, 0.05) is 6.42 Å². The average molecular weight is 411 g/mol. The summed E-state index contributed by atoms with van der Waals surface area (Å²) < 4.78 is 47.6. The molecule has 0 aromatic heterocycles. The third-order valence-corrected chi connectivity index (χ3v) is 4.20. The van der Waals surface area contributed by atoms with Crippen molar-refractivity contribution in [1.82, 2.24) is 5.32 Å². The van der Waals surface area contributed by atoms with E-state index in [1.165, 1.54) is 7.11 Å². The molecule has 0 aliphatic rings. The fraction of sp³-hybridized carbons (Fsp3) is 0.300. The molecule has 2 aromatic carbocycles. The minimum Gasteiger partial charge on any atom is -0.497 e. The van der Waals surface area contributed by atoms with Crippen molar-refractivity contribution in [3.63, 3.8) is 0 Å². The van der Waals surface area contributed by atoms with Crippen LogP contribution in [0.5, 0.6) is 5.75 Å². The Hall–Kier alpha value is -3.07. The van der Waals surface area contributed by atoms with Crippen molar-refractivity contribution >= 4 is 11.9 Å².